The average Bonchev–Trinajstić information content (AvgIpc) is 2.19. The van der Waals surface area contributed by atoms with Gasteiger partial charge >= 0.3 is 0 Å². The molecule has 1 aliphatic heterocycles. The Labute approximate surface area is 90.7 Å². The van der Waals surface area contributed by atoms with Crippen LogP contribution >= 0.6 is 0 Å². The molecule has 0 aliphatic carbocycles. The van der Waals surface area contributed by atoms with Gasteiger partial charge in [0.05, 0.1) is 0 Å². The lowest BCUT2D eigenvalue weighted by Gasteiger charge is -2.35. The Morgan fingerprint density at radius 1 is 1.33 bits per heavy atom. The van der Waals surface area contributed by atoms with Crippen LogP contribution in [-0.4, -0.2) is 18.8 Å². The van der Waals surface area contributed by atoms with Gasteiger partial charge in [0.15, 0.2) is 0 Å². The Kier molecular flexibility index (Phi) is 2.79. The largest absolute Gasteiger partial charge is 0.316 e. The molecule has 1 heterocycles. The fourth-order valence-electron chi connectivity index (χ4n) is 2.23. The van der Waals surface area contributed by atoms with Gasteiger partial charge in [-0.3, -0.25) is 0 Å². The van der Waals surface area contributed by atoms with Crippen LogP contribution in [0.25, 0.3) is 0 Å². The molecule has 1 saturated heterocycles. The smallest absolute Gasteiger partial charge is 0.117 e. The Bertz CT molecular complexity index is 329. The number of benzene rings is 1. The second kappa shape index (κ2) is 3.93. The number of piperidine rings is 1. The van der Waals surface area contributed by atoms with E-state index in [1.54, 1.807) is 6.92 Å². The summed E-state index contributed by atoms with van der Waals surface area (Å²) in [4.78, 5) is 0. The molecule has 82 valence electrons. The summed E-state index contributed by atoms with van der Waals surface area (Å²) >= 11 is 0. The van der Waals surface area contributed by atoms with Crippen molar-refractivity contribution in [3.8, 4) is 0 Å². The Hall–Kier alpha value is -0.890. The van der Waals surface area contributed by atoms with Crippen molar-refractivity contribution in [1.82, 2.24) is 5.32 Å². The molecule has 1 aliphatic rings. The van der Waals surface area contributed by atoms with E-state index in [4.69, 9.17) is 0 Å². The fraction of sp³-hybridized carbons (Fsp3) is 0.538. The predicted octanol–water partition coefficient (Wildman–Crippen LogP) is 2.80. The van der Waals surface area contributed by atoms with E-state index in [9.17, 15) is 4.39 Å². The van der Waals surface area contributed by atoms with E-state index in [1.807, 2.05) is 12.1 Å². The van der Waals surface area contributed by atoms with Crippen molar-refractivity contribution in [3.05, 3.63) is 35.4 Å². The number of alkyl halides is 1. The zero-order valence-electron chi connectivity index (χ0n) is 9.39. The summed E-state index contributed by atoms with van der Waals surface area (Å²) in [5.74, 6) is -0.00755. The molecule has 0 radical (unpaired) electrons. The van der Waals surface area contributed by atoms with Crippen molar-refractivity contribution in [2.24, 2.45) is 0 Å². The van der Waals surface area contributed by atoms with Gasteiger partial charge in [-0.25, -0.2) is 4.39 Å². The van der Waals surface area contributed by atoms with Gasteiger partial charge in [-0.15, -0.1) is 0 Å². The van der Waals surface area contributed by atoms with Crippen LogP contribution < -0.4 is 5.32 Å². The molecule has 1 nitrogen and oxygen atoms in total. The minimum atomic E-state index is -1.07. The monoisotopic (exact) mass is 207 g/mol. The van der Waals surface area contributed by atoms with Crippen molar-refractivity contribution in [2.75, 3.05) is 13.1 Å². The fourth-order valence-corrected chi connectivity index (χ4v) is 2.23. The number of hydrogen-bond acceptors (Lipinski definition) is 1. The maximum Gasteiger partial charge on any atom is 0.117 e. The van der Waals surface area contributed by atoms with Gasteiger partial charge in [-0.1, -0.05) is 29.8 Å². The molecular formula is C13H18FN. The van der Waals surface area contributed by atoms with Crippen LogP contribution in [0.4, 0.5) is 4.39 Å². The van der Waals surface area contributed by atoms with E-state index < -0.39 is 5.67 Å². The number of hydrogen-bond donors (Lipinski definition) is 1. The zero-order valence-corrected chi connectivity index (χ0v) is 9.39. The van der Waals surface area contributed by atoms with E-state index >= 15 is 0 Å². The normalized spacial score (nSPS) is 31.5. The molecule has 1 aromatic rings. The van der Waals surface area contributed by atoms with Crippen molar-refractivity contribution in [3.63, 3.8) is 0 Å². The third-order valence-electron chi connectivity index (χ3n) is 3.35. The first-order valence-electron chi connectivity index (χ1n) is 5.56. The molecule has 0 aromatic heterocycles. The number of nitrogens with one attached hydrogen (secondary N) is 1. The number of halogens is 1. The number of rotatable bonds is 1. The summed E-state index contributed by atoms with van der Waals surface area (Å²) in [7, 11) is 0. The van der Waals surface area contributed by atoms with E-state index in [2.05, 4.69) is 24.4 Å². The molecular weight excluding hydrogens is 189 g/mol. The van der Waals surface area contributed by atoms with Crippen molar-refractivity contribution in [1.29, 1.82) is 0 Å². The van der Waals surface area contributed by atoms with Crippen LogP contribution in [0.5, 0.6) is 0 Å². The first-order valence-corrected chi connectivity index (χ1v) is 5.56. The lowest BCUT2D eigenvalue weighted by molar-refractivity contribution is 0.110. The molecule has 0 bridgehead atoms. The predicted molar refractivity (Wildman–Crippen MR) is 60.9 cm³/mol. The van der Waals surface area contributed by atoms with Gasteiger partial charge in [0.25, 0.3) is 0 Å². The Morgan fingerprint density at radius 2 is 2.00 bits per heavy atom. The molecule has 0 spiro atoms. The van der Waals surface area contributed by atoms with Crippen molar-refractivity contribution >= 4 is 0 Å². The van der Waals surface area contributed by atoms with Crippen molar-refractivity contribution in [2.45, 2.75) is 31.9 Å². The van der Waals surface area contributed by atoms with Gasteiger partial charge < -0.3 is 5.32 Å². The molecule has 2 rings (SSSR count). The molecule has 15 heavy (non-hydrogen) atoms. The molecule has 2 unspecified atom stereocenters. The summed E-state index contributed by atoms with van der Waals surface area (Å²) in [6.07, 6.45) is 0.603. The molecule has 2 atom stereocenters. The minimum absolute atomic E-state index is 0.00755. The zero-order chi connectivity index (χ0) is 10.9. The molecule has 0 amide bonds. The summed E-state index contributed by atoms with van der Waals surface area (Å²) in [6.45, 7) is 5.31. The highest BCUT2D eigenvalue weighted by molar-refractivity contribution is 5.27. The van der Waals surface area contributed by atoms with Gasteiger partial charge in [-0.05, 0) is 32.4 Å². The summed E-state index contributed by atoms with van der Waals surface area (Å²) in [6, 6.07) is 8.20. The van der Waals surface area contributed by atoms with Crippen LogP contribution in [-0.2, 0) is 0 Å². The standard InChI is InChI=1S/C13H18FN/c1-10-3-5-11(6-4-10)12-9-15-8-7-13(12,2)14/h3-6,12,15H,7-9H2,1-2H3. The average molecular weight is 207 g/mol. The van der Waals surface area contributed by atoms with Crippen LogP contribution in [0, 0.1) is 6.92 Å². The second-order valence-corrected chi connectivity index (χ2v) is 4.70. The third kappa shape index (κ3) is 2.20. The first kappa shape index (κ1) is 10.6. The summed E-state index contributed by atoms with van der Waals surface area (Å²) in [5.41, 5.74) is 1.27. The van der Waals surface area contributed by atoms with Gasteiger partial charge in [-0.2, -0.15) is 0 Å². The van der Waals surface area contributed by atoms with Crippen LogP contribution in [0.15, 0.2) is 24.3 Å². The Balaban J connectivity index is 2.25. The Morgan fingerprint density at radius 3 is 2.60 bits per heavy atom. The van der Waals surface area contributed by atoms with Gasteiger partial charge in [0.2, 0.25) is 0 Å². The van der Waals surface area contributed by atoms with E-state index in [1.165, 1.54) is 5.56 Å². The molecule has 0 saturated carbocycles. The lowest BCUT2D eigenvalue weighted by Crippen LogP contribution is -2.43. The van der Waals surface area contributed by atoms with Crippen LogP contribution in [0.3, 0.4) is 0 Å². The van der Waals surface area contributed by atoms with Crippen molar-refractivity contribution < 1.29 is 4.39 Å². The van der Waals surface area contributed by atoms with E-state index in [-0.39, 0.29) is 5.92 Å². The molecule has 1 fully saturated rings. The van der Waals surface area contributed by atoms with Crippen LogP contribution in [0.1, 0.15) is 30.4 Å². The molecule has 2 heteroatoms. The molecule has 1 aromatic carbocycles. The first-order chi connectivity index (χ1) is 7.09. The van der Waals surface area contributed by atoms with E-state index in [0.29, 0.717) is 6.42 Å². The quantitative estimate of drug-likeness (QED) is 0.746. The van der Waals surface area contributed by atoms with Gasteiger partial charge in [0.1, 0.15) is 5.67 Å². The topological polar surface area (TPSA) is 12.0 Å². The molecule has 1 N–H and O–H groups in total. The van der Waals surface area contributed by atoms with E-state index in [0.717, 1.165) is 18.7 Å². The van der Waals surface area contributed by atoms with Gasteiger partial charge in [0, 0.05) is 12.5 Å². The SMILES string of the molecule is Cc1ccc(C2CNCCC2(C)F)cc1. The van der Waals surface area contributed by atoms with Crippen LogP contribution in [0.2, 0.25) is 0 Å². The second-order valence-electron chi connectivity index (χ2n) is 4.70. The third-order valence-corrected chi connectivity index (χ3v) is 3.35. The maximum absolute atomic E-state index is 14.3. The number of aryl methyl sites for hydroxylation is 1. The summed E-state index contributed by atoms with van der Waals surface area (Å²) < 4.78 is 14.3. The summed E-state index contributed by atoms with van der Waals surface area (Å²) in [5, 5.41) is 3.26. The highest BCUT2D eigenvalue weighted by atomic mass is 19.1. The minimum Gasteiger partial charge on any atom is -0.316 e. The lowest BCUT2D eigenvalue weighted by atomic mass is 9.80. The highest BCUT2D eigenvalue weighted by Crippen LogP contribution is 2.36. The maximum atomic E-state index is 14.3. The highest BCUT2D eigenvalue weighted by Gasteiger charge is 2.37.